The quantitative estimate of drug-likeness (QED) is 0.775. The number of carbonyl (C=O) groups excluding carboxylic acids is 2. The molecule has 0 aromatic heterocycles. The van der Waals surface area contributed by atoms with Crippen LogP contribution >= 0.6 is 0 Å². The molecule has 0 fully saturated rings. The summed E-state index contributed by atoms with van der Waals surface area (Å²) in [6.07, 6.45) is 0. The second kappa shape index (κ2) is 8.75. The van der Waals surface area contributed by atoms with Crippen molar-refractivity contribution in [2.24, 2.45) is 0 Å². The summed E-state index contributed by atoms with van der Waals surface area (Å²) in [5.41, 5.74) is 1.20. The van der Waals surface area contributed by atoms with E-state index in [9.17, 15) is 9.59 Å². The van der Waals surface area contributed by atoms with Crippen molar-refractivity contribution in [2.75, 3.05) is 26.6 Å². The highest BCUT2D eigenvalue weighted by Gasteiger charge is 2.19. The molecule has 0 radical (unpaired) electrons. The second-order valence-corrected chi connectivity index (χ2v) is 5.46. The van der Waals surface area contributed by atoms with E-state index in [2.05, 4.69) is 10.6 Å². The molecule has 1 atom stereocenters. The molecule has 2 aromatic rings. The van der Waals surface area contributed by atoms with E-state index in [0.717, 1.165) is 5.56 Å². The van der Waals surface area contributed by atoms with Crippen molar-refractivity contribution >= 4 is 17.5 Å². The Labute approximate surface area is 152 Å². The maximum atomic E-state index is 12.2. The van der Waals surface area contributed by atoms with Crippen molar-refractivity contribution in [3.05, 3.63) is 48.0 Å². The normalized spacial score (nSPS) is 11.2. The largest absolute Gasteiger partial charge is 0.495 e. The van der Waals surface area contributed by atoms with Crippen molar-refractivity contribution < 1.29 is 23.8 Å². The van der Waals surface area contributed by atoms with Crippen LogP contribution in [0, 0.1) is 0 Å². The van der Waals surface area contributed by atoms with E-state index >= 15 is 0 Å². The van der Waals surface area contributed by atoms with E-state index in [1.807, 2.05) is 0 Å². The van der Waals surface area contributed by atoms with Crippen LogP contribution in [0.15, 0.2) is 42.5 Å². The molecule has 0 aliphatic heterocycles. The van der Waals surface area contributed by atoms with Crippen molar-refractivity contribution in [1.82, 2.24) is 5.32 Å². The molecule has 0 saturated carbocycles. The number of carbonyl (C=O) groups is 2. The molecule has 0 heterocycles. The predicted molar refractivity (Wildman–Crippen MR) is 97.7 cm³/mol. The molecule has 0 spiro atoms. The van der Waals surface area contributed by atoms with E-state index in [0.29, 0.717) is 22.9 Å². The number of nitrogens with one attached hydrogen (secondary N) is 2. The Kier molecular flexibility index (Phi) is 6.43. The molecule has 0 aliphatic carbocycles. The fourth-order valence-corrected chi connectivity index (χ4v) is 2.39. The first-order valence-electron chi connectivity index (χ1n) is 7.97. The molecule has 138 valence electrons. The summed E-state index contributed by atoms with van der Waals surface area (Å²) in [4.78, 5) is 24.3. The Morgan fingerprint density at radius 1 is 0.846 bits per heavy atom. The number of anilines is 1. The van der Waals surface area contributed by atoms with Gasteiger partial charge in [0.05, 0.1) is 33.1 Å². The van der Waals surface area contributed by atoms with Gasteiger partial charge in [-0.15, -0.1) is 0 Å². The standard InChI is InChI=1S/C19H22N2O5/c1-12(13-9-10-16(25-3)17(11-13)26-4)20-18(22)19(23)21-14-7-5-6-8-15(14)24-2/h5-12H,1-4H3,(H,20,22)(H,21,23). The summed E-state index contributed by atoms with van der Waals surface area (Å²) >= 11 is 0. The molecular weight excluding hydrogens is 336 g/mol. The number of amides is 2. The van der Waals surface area contributed by atoms with Crippen LogP contribution in [0.3, 0.4) is 0 Å². The fraction of sp³-hybridized carbons (Fsp3) is 0.263. The topological polar surface area (TPSA) is 85.9 Å². The molecule has 2 aromatic carbocycles. The van der Waals surface area contributed by atoms with E-state index in [1.165, 1.54) is 14.2 Å². The van der Waals surface area contributed by atoms with Crippen molar-refractivity contribution in [2.45, 2.75) is 13.0 Å². The van der Waals surface area contributed by atoms with Crippen LogP contribution in [-0.4, -0.2) is 33.1 Å². The average Bonchev–Trinajstić information content (AvgIpc) is 2.67. The first-order valence-corrected chi connectivity index (χ1v) is 7.97. The molecule has 26 heavy (non-hydrogen) atoms. The minimum absolute atomic E-state index is 0.397. The van der Waals surface area contributed by atoms with E-state index in [4.69, 9.17) is 14.2 Å². The lowest BCUT2D eigenvalue weighted by molar-refractivity contribution is -0.136. The number of benzene rings is 2. The second-order valence-electron chi connectivity index (χ2n) is 5.46. The number of ether oxygens (including phenoxy) is 3. The van der Waals surface area contributed by atoms with Crippen LogP contribution in [0.2, 0.25) is 0 Å². The lowest BCUT2D eigenvalue weighted by Crippen LogP contribution is -2.37. The Morgan fingerprint density at radius 3 is 2.15 bits per heavy atom. The maximum absolute atomic E-state index is 12.2. The Morgan fingerprint density at radius 2 is 1.50 bits per heavy atom. The predicted octanol–water partition coefficient (Wildman–Crippen LogP) is 2.53. The first kappa shape index (κ1) is 19.1. The Hall–Kier alpha value is -3.22. The van der Waals surface area contributed by atoms with Gasteiger partial charge in [-0.25, -0.2) is 0 Å². The molecule has 0 bridgehead atoms. The number of hydrogen-bond donors (Lipinski definition) is 2. The fourth-order valence-electron chi connectivity index (χ4n) is 2.39. The van der Waals surface area contributed by atoms with Crippen molar-refractivity contribution in [3.8, 4) is 17.2 Å². The number of methoxy groups -OCH3 is 3. The van der Waals surface area contributed by atoms with Gasteiger partial charge in [-0.3, -0.25) is 9.59 Å². The summed E-state index contributed by atoms with van der Waals surface area (Å²) in [6.45, 7) is 1.77. The number of para-hydroxylation sites is 2. The van der Waals surface area contributed by atoms with Gasteiger partial charge in [-0.05, 0) is 36.8 Å². The Bertz CT molecular complexity index is 791. The highest BCUT2D eigenvalue weighted by molar-refractivity contribution is 6.39. The highest BCUT2D eigenvalue weighted by Crippen LogP contribution is 2.30. The van der Waals surface area contributed by atoms with Crippen LogP contribution in [0.5, 0.6) is 17.2 Å². The molecule has 2 amide bonds. The molecule has 1 unspecified atom stereocenters. The summed E-state index contributed by atoms with van der Waals surface area (Å²) in [7, 11) is 4.57. The van der Waals surface area contributed by atoms with Crippen LogP contribution in [-0.2, 0) is 9.59 Å². The third kappa shape index (κ3) is 4.44. The van der Waals surface area contributed by atoms with Crippen LogP contribution < -0.4 is 24.8 Å². The zero-order valence-corrected chi connectivity index (χ0v) is 15.2. The zero-order valence-electron chi connectivity index (χ0n) is 15.2. The van der Waals surface area contributed by atoms with Gasteiger partial charge in [-0.1, -0.05) is 18.2 Å². The molecular formula is C19H22N2O5. The Balaban J connectivity index is 2.05. The molecule has 2 rings (SSSR count). The molecule has 0 saturated heterocycles. The third-order valence-electron chi connectivity index (χ3n) is 3.82. The van der Waals surface area contributed by atoms with Gasteiger partial charge >= 0.3 is 11.8 Å². The van der Waals surface area contributed by atoms with Gasteiger partial charge in [0.25, 0.3) is 0 Å². The van der Waals surface area contributed by atoms with Crippen LogP contribution in [0.1, 0.15) is 18.5 Å². The number of rotatable bonds is 6. The van der Waals surface area contributed by atoms with E-state index < -0.39 is 17.9 Å². The minimum Gasteiger partial charge on any atom is -0.495 e. The SMILES string of the molecule is COc1ccccc1NC(=O)C(=O)NC(C)c1ccc(OC)c(OC)c1. The van der Waals surface area contributed by atoms with Crippen LogP contribution in [0.25, 0.3) is 0 Å². The van der Waals surface area contributed by atoms with E-state index in [-0.39, 0.29) is 0 Å². The van der Waals surface area contributed by atoms with Crippen molar-refractivity contribution in [1.29, 1.82) is 0 Å². The molecule has 7 heteroatoms. The maximum Gasteiger partial charge on any atom is 0.313 e. The molecule has 2 N–H and O–H groups in total. The molecule has 7 nitrogen and oxygen atoms in total. The summed E-state index contributed by atoms with van der Waals surface area (Å²) in [5.74, 6) is 0.0786. The third-order valence-corrected chi connectivity index (χ3v) is 3.82. The number of hydrogen-bond acceptors (Lipinski definition) is 5. The van der Waals surface area contributed by atoms with Gasteiger partial charge in [0, 0.05) is 0 Å². The zero-order chi connectivity index (χ0) is 19.1. The monoisotopic (exact) mass is 358 g/mol. The van der Waals surface area contributed by atoms with Crippen molar-refractivity contribution in [3.63, 3.8) is 0 Å². The smallest absolute Gasteiger partial charge is 0.313 e. The summed E-state index contributed by atoms with van der Waals surface area (Å²) in [6, 6.07) is 11.8. The average molecular weight is 358 g/mol. The van der Waals surface area contributed by atoms with Gasteiger partial charge in [0.1, 0.15) is 5.75 Å². The van der Waals surface area contributed by atoms with Crippen LogP contribution in [0.4, 0.5) is 5.69 Å². The summed E-state index contributed by atoms with van der Waals surface area (Å²) < 4.78 is 15.6. The van der Waals surface area contributed by atoms with Gasteiger partial charge in [-0.2, -0.15) is 0 Å². The lowest BCUT2D eigenvalue weighted by Gasteiger charge is -2.16. The van der Waals surface area contributed by atoms with Gasteiger partial charge in [0.15, 0.2) is 11.5 Å². The van der Waals surface area contributed by atoms with E-state index in [1.54, 1.807) is 56.5 Å². The van der Waals surface area contributed by atoms with Gasteiger partial charge < -0.3 is 24.8 Å². The van der Waals surface area contributed by atoms with Gasteiger partial charge in [0.2, 0.25) is 0 Å². The lowest BCUT2D eigenvalue weighted by atomic mass is 10.1. The first-order chi connectivity index (χ1) is 12.5. The highest BCUT2D eigenvalue weighted by atomic mass is 16.5. The minimum atomic E-state index is -0.776. The summed E-state index contributed by atoms with van der Waals surface area (Å²) in [5, 5.41) is 5.19. The molecule has 0 aliphatic rings.